The molecule has 3 aromatic heterocycles. The summed E-state index contributed by atoms with van der Waals surface area (Å²) < 4.78 is 8.34. The van der Waals surface area contributed by atoms with Gasteiger partial charge in [0.1, 0.15) is 28.5 Å². The van der Waals surface area contributed by atoms with E-state index < -0.39 is 0 Å². The Morgan fingerprint density at radius 2 is 1.94 bits per heavy atom. The third-order valence-electron chi connectivity index (χ3n) is 5.89. The van der Waals surface area contributed by atoms with Gasteiger partial charge in [-0.25, -0.2) is 10.1 Å². The first-order valence-corrected chi connectivity index (χ1v) is 12.1. The molecule has 0 radical (unpaired) electrons. The summed E-state index contributed by atoms with van der Waals surface area (Å²) >= 11 is 1.63. The Morgan fingerprint density at radius 1 is 1.12 bits per heavy atom. The van der Waals surface area contributed by atoms with Gasteiger partial charge in [0.15, 0.2) is 5.82 Å². The normalized spacial score (nSPS) is 11.4. The van der Waals surface area contributed by atoms with Crippen LogP contribution >= 0.6 is 11.3 Å². The molecule has 2 N–H and O–H groups in total. The number of H-pyrrole nitrogens is 1. The second-order valence-electron chi connectivity index (χ2n) is 8.17. The van der Waals surface area contributed by atoms with Gasteiger partial charge in [-0.3, -0.25) is 0 Å². The average molecular weight is 475 g/mol. The van der Waals surface area contributed by atoms with Crippen LogP contribution in [0.3, 0.4) is 0 Å². The molecule has 0 spiro atoms. The first-order chi connectivity index (χ1) is 16.7. The molecular formula is C25H26N6O2S. The lowest BCUT2D eigenvalue weighted by atomic mass is 10.1. The predicted octanol–water partition coefficient (Wildman–Crippen LogP) is 4.66. The first kappa shape index (κ1) is 22.2. The average Bonchev–Trinajstić information content (AvgIpc) is 3.58. The zero-order valence-electron chi connectivity index (χ0n) is 19.2. The summed E-state index contributed by atoms with van der Waals surface area (Å²) in [7, 11) is 0. The largest absolute Gasteiger partial charge is 0.489 e. The second kappa shape index (κ2) is 9.74. The van der Waals surface area contributed by atoms with Gasteiger partial charge in [0.25, 0.3) is 0 Å². The highest BCUT2D eigenvalue weighted by Crippen LogP contribution is 2.32. The lowest BCUT2D eigenvalue weighted by molar-refractivity contribution is 0.285. The van der Waals surface area contributed by atoms with Crippen molar-refractivity contribution in [2.24, 2.45) is 0 Å². The minimum absolute atomic E-state index is 0.0537. The standard InChI is InChI=1S/C25H26N6O2S/c1-3-6-22-26-23-16(2)21(14-32)34-25(23)31(22)13-17-9-11-19(12-10-17)33-15-18-7-4-5-8-20(18)24-27-29-30-28-24/h4-5,7-12,32H,3,6,13-15H2,1-2H3,(H,27,28,29,30). The Bertz CT molecular complexity index is 1390. The summed E-state index contributed by atoms with van der Waals surface area (Å²) in [5, 5.41) is 23.8. The molecule has 5 aromatic rings. The minimum Gasteiger partial charge on any atom is -0.489 e. The molecule has 9 heteroatoms. The van der Waals surface area contributed by atoms with Crippen molar-refractivity contribution in [3.05, 3.63) is 75.9 Å². The number of tetrazole rings is 1. The van der Waals surface area contributed by atoms with Crippen molar-refractivity contribution in [3.63, 3.8) is 0 Å². The number of thiophene rings is 1. The van der Waals surface area contributed by atoms with Crippen LogP contribution in [0.2, 0.25) is 0 Å². The number of aromatic amines is 1. The molecule has 8 nitrogen and oxygen atoms in total. The SMILES string of the molecule is CCCc1nc2c(C)c(CO)sc2n1Cc1ccc(OCc2ccccc2-c2nnn[nH]2)cc1. The molecule has 0 amide bonds. The molecule has 0 saturated heterocycles. The van der Waals surface area contributed by atoms with E-state index in [1.807, 2.05) is 43.3 Å². The topological polar surface area (TPSA) is 102 Å². The zero-order valence-corrected chi connectivity index (χ0v) is 20.0. The highest BCUT2D eigenvalue weighted by Gasteiger charge is 2.18. The van der Waals surface area contributed by atoms with Crippen molar-refractivity contribution in [1.82, 2.24) is 30.2 Å². The zero-order chi connectivity index (χ0) is 23.5. The first-order valence-electron chi connectivity index (χ1n) is 11.3. The van der Waals surface area contributed by atoms with E-state index >= 15 is 0 Å². The Balaban J connectivity index is 1.33. The molecule has 2 aromatic carbocycles. The fourth-order valence-corrected chi connectivity index (χ4v) is 5.19. The highest BCUT2D eigenvalue weighted by atomic mass is 32.1. The van der Waals surface area contributed by atoms with E-state index in [9.17, 15) is 5.11 Å². The summed E-state index contributed by atoms with van der Waals surface area (Å²) in [6.07, 6.45) is 1.96. The second-order valence-corrected chi connectivity index (χ2v) is 9.25. The van der Waals surface area contributed by atoms with Crippen molar-refractivity contribution >= 4 is 21.7 Å². The molecular weight excluding hydrogens is 448 g/mol. The van der Waals surface area contributed by atoms with Gasteiger partial charge >= 0.3 is 0 Å². The van der Waals surface area contributed by atoms with Gasteiger partial charge in [-0.05, 0) is 47.0 Å². The number of nitrogens with zero attached hydrogens (tertiary/aromatic N) is 5. The van der Waals surface area contributed by atoms with Crippen LogP contribution in [0.5, 0.6) is 5.75 Å². The van der Waals surface area contributed by atoms with Crippen LogP contribution in [-0.2, 0) is 26.2 Å². The fourth-order valence-electron chi connectivity index (χ4n) is 4.07. The summed E-state index contributed by atoms with van der Waals surface area (Å²) in [5.74, 6) is 2.51. The third-order valence-corrected chi connectivity index (χ3v) is 7.18. The van der Waals surface area contributed by atoms with Gasteiger partial charge in [-0.2, -0.15) is 0 Å². The van der Waals surface area contributed by atoms with Crippen LogP contribution in [0.1, 0.15) is 40.7 Å². The number of aryl methyl sites for hydroxylation is 2. The van der Waals surface area contributed by atoms with Gasteiger partial charge in [-0.15, -0.1) is 16.4 Å². The number of aliphatic hydroxyl groups excluding tert-OH is 1. The molecule has 0 aliphatic carbocycles. The van der Waals surface area contributed by atoms with Gasteiger partial charge in [0.2, 0.25) is 0 Å². The molecule has 0 saturated carbocycles. The van der Waals surface area contributed by atoms with Gasteiger partial charge in [0, 0.05) is 22.4 Å². The number of hydrogen-bond donors (Lipinski definition) is 2. The van der Waals surface area contributed by atoms with Crippen LogP contribution < -0.4 is 4.74 Å². The van der Waals surface area contributed by atoms with Crippen molar-refractivity contribution in [1.29, 1.82) is 0 Å². The quantitative estimate of drug-likeness (QED) is 0.322. The van der Waals surface area contributed by atoms with Crippen LogP contribution in [0.4, 0.5) is 0 Å². The maximum Gasteiger partial charge on any atom is 0.179 e. The monoisotopic (exact) mass is 474 g/mol. The summed E-state index contributed by atoms with van der Waals surface area (Å²) in [4.78, 5) is 7.01. The van der Waals surface area contributed by atoms with Crippen molar-refractivity contribution < 1.29 is 9.84 Å². The Morgan fingerprint density at radius 3 is 2.68 bits per heavy atom. The van der Waals surface area contributed by atoms with Crippen molar-refractivity contribution in [2.75, 3.05) is 0 Å². The van der Waals surface area contributed by atoms with E-state index in [-0.39, 0.29) is 6.61 Å². The number of ether oxygens (including phenoxy) is 1. The number of aromatic nitrogens is 6. The van der Waals surface area contributed by atoms with Gasteiger partial charge in [0.05, 0.1) is 13.2 Å². The summed E-state index contributed by atoms with van der Waals surface area (Å²) in [5.41, 5.74) is 5.20. The van der Waals surface area contributed by atoms with E-state index in [0.717, 1.165) is 62.9 Å². The number of fused-ring (bicyclic) bond motifs is 1. The minimum atomic E-state index is 0.0537. The Labute approximate surface area is 201 Å². The van der Waals surface area contributed by atoms with Gasteiger partial charge in [-0.1, -0.05) is 43.3 Å². The molecule has 0 aliphatic rings. The fraction of sp³-hybridized carbons (Fsp3) is 0.280. The maximum absolute atomic E-state index is 9.67. The number of benzene rings is 2. The van der Waals surface area contributed by atoms with Crippen LogP contribution in [0.15, 0.2) is 48.5 Å². The molecule has 0 bridgehead atoms. The lowest BCUT2D eigenvalue weighted by Gasteiger charge is -2.11. The number of imidazole rings is 1. The molecule has 5 rings (SSSR count). The van der Waals surface area contributed by atoms with Crippen LogP contribution in [0.25, 0.3) is 21.7 Å². The van der Waals surface area contributed by atoms with Crippen LogP contribution in [-0.4, -0.2) is 35.3 Å². The molecule has 0 fully saturated rings. The molecule has 0 atom stereocenters. The third kappa shape index (κ3) is 4.32. The van der Waals surface area contributed by atoms with E-state index in [2.05, 4.69) is 44.2 Å². The van der Waals surface area contributed by atoms with E-state index in [4.69, 9.17) is 9.72 Å². The lowest BCUT2D eigenvalue weighted by Crippen LogP contribution is -2.05. The summed E-state index contributed by atoms with van der Waals surface area (Å²) in [6, 6.07) is 16.1. The number of hydrogen-bond acceptors (Lipinski definition) is 7. The molecule has 0 unspecified atom stereocenters. The maximum atomic E-state index is 9.67. The molecule has 3 heterocycles. The van der Waals surface area contributed by atoms with E-state index in [0.29, 0.717) is 12.4 Å². The van der Waals surface area contributed by atoms with E-state index in [1.54, 1.807) is 11.3 Å². The van der Waals surface area contributed by atoms with Crippen molar-refractivity contribution in [2.45, 2.75) is 46.4 Å². The smallest absolute Gasteiger partial charge is 0.179 e. The van der Waals surface area contributed by atoms with Crippen LogP contribution in [0, 0.1) is 6.92 Å². The Kier molecular flexibility index (Phi) is 6.37. The molecule has 174 valence electrons. The highest BCUT2D eigenvalue weighted by molar-refractivity contribution is 7.18. The number of aliphatic hydroxyl groups is 1. The number of rotatable bonds is 9. The summed E-state index contributed by atoms with van der Waals surface area (Å²) in [6.45, 7) is 5.41. The van der Waals surface area contributed by atoms with Crippen molar-refractivity contribution in [3.8, 4) is 17.1 Å². The Hall–Kier alpha value is -3.56. The molecule has 0 aliphatic heterocycles. The van der Waals surface area contributed by atoms with Gasteiger partial charge < -0.3 is 14.4 Å². The van der Waals surface area contributed by atoms with E-state index in [1.165, 1.54) is 5.56 Å². The molecule has 34 heavy (non-hydrogen) atoms. The number of nitrogens with one attached hydrogen (secondary N) is 1. The predicted molar refractivity (Wildman–Crippen MR) is 132 cm³/mol.